The fourth-order valence-electron chi connectivity index (χ4n) is 4.35. The largest absolute Gasteiger partial charge is 0.463 e. The molecule has 1 N–H and O–H groups in total. The lowest BCUT2D eigenvalue weighted by Gasteiger charge is -2.39. The van der Waals surface area contributed by atoms with Crippen molar-refractivity contribution in [3.8, 4) is 0 Å². The number of carbonyl (C=O) groups excluding carboxylic acids is 2. The SMILES string of the molecule is CCOC(=O)C1=C(C)NC2=CC(c3ccccc3)CC(=O)C2C1c1ccccn1. The third-order valence-corrected chi connectivity index (χ3v) is 5.59. The molecule has 29 heavy (non-hydrogen) atoms. The van der Waals surface area contributed by atoms with E-state index in [0.29, 0.717) is 23.4 Å². The lowest BCUT2D eigenvalue weighted by atomic mass is 9.69. The number of pyridine rings is 1. The van der Waals surface area contributed by atoms with Gasteiger partial charge in [0.15, 0.2) is 0 Å². The van der Waals surface area contributed by atoms with E-state index in [9.17, 15) is 9.59 Å². The van der Waals surface area contributed by atoms with E-state index in [4.69, 9.17) is 4.74 Å². The molecule has 0 bridgehead atoms. The Balaban J connectivity index is 1.82. The zero-order valence-electron chi connectivity index (χ0n) is 16.6. The summed E-state index contributed by atoms with van der Waals surface area (Å²) in [5.41, 5.74) is 3.86. The van der Waals surface area contributed by atoms with E-state index in [1.807, 2.05) is 55.5 Å². The molecule has 5 heteroatoms. The van der Waals surface area contributed by atoms with Crippen LogP contribution in [0, 0.1) is 5.92 Å². The highest BCUT2D eigenvalue weighted by molar-refractivity contribution is 5.96. The molecule has 1 aromatic carbocycles. The second kappa shape index (κ2) is 8.03. The number of hydrogen-bond acceptors (Lipinski definition) is 5. The molecule has 1 aliphatic carbocycles. The van der Waals surface area contributed by atoms with Crippen LogP contribution in [0.2, 0.25) is 0 Å². The number of esters is 1. The summed E-state index contributed by atoms with van der Waals surface area (Å²) >= 11 is 0. The Hall–Kier alpha value is -3.21. The van der Waals surface area contributed by atoms with Gasteiger partial charge in [0, 0.05) is 35.6 Å². The Morgan fingerprint density at radius 2 is 1.90 bits per heavy atom. The van der Waals surface area contributed by atoms with Gasteiger partial charge in [-0.05, 0) is 31.5 Å². The lowest BCUT2D eigenvalue weighted by molar-refractivity contribution is -0.139. The first kappa shape index (κ1) is 19.1. The summed E-state index contributed by atoms with van der Waals surface area (Å²) in [5.74, 6) is -1.19. The Bertz CT molecular complexity index is 980. The molecule has 0 amide bonds. The number of benzene rings is 1. The maximum absolute atomic E-state index is 13.3. The van der Waals surface area contributed by atoms with E-state index in [0.717, 1.165) is 11.3 Å². The van der Waals surface area contributed by atoms with Crippen molar-refractivity contribution >= 4 is 11.8 Å². The number of carbonyl (C=O) groups is 2. The predicted molar refractivity (Wildman–Crippen MR) is 110 cm³/mol. The molecule has 0 saturated carbocycles. The van der Waals surface area contributed by atoms with Crippen LogP contribution >= 0.6 is 0 Å². The number of nitrogens with zero attached hydrogens (tertiary/aromatic N) is 1. The number of ketones is 1. The number of aromatic nitrogens is 1. The number of nitrogens with one attached hydrogen (secondary N) is 1. The van der Waals surface area contributed by atoms with Crippen LogP contribution in [0.25, 0.3) is 0 Å². The van der Waals surface area contributed by atoms with Gasteiger partial charge < -0.3 is 10.1 Å². The second-order valence-corrected chi connectivity index (χ2v) is 7.40. The maximum Gasteiger partial charge on any atom is 0.336 e. The highest BCUT2D eigenvalue weighted by Crippen LogP contribution is 2.45. The van der Waals surface area contributed by atoms with Crippen LogP contribution in [0.3, 0.4) is 0 Å². The first-order chi connectivity index (χ1) is 14.1. The van der Waals surface area contributed by atoms with E-state index >= 15 is 0 Å². The molecule has 148 valence electrons. The van der Waals surface area contributed by atoms with Crippen molar-refractivity contribution in [2.24, 2.45) is 5.92 Å². The first-order valence-electron chi connectivity index (χ1n) is 9.95. The summed E-state index contributed by atoms with van der Waals surface area (Å²) in [4.78, 5) is 30.6. The number of allylic oxidation sites excluding steroid dienone is 3. The molecule has 0 fully saturated rings. The van der Waals surface area contributed by atoms with Crippen molar-refractivity contribution in [1.29, 1.82) is 0 Å². The quantitative estimate of drug-likeness (QED) is 0.806. The van der Waals surface area contributed by atoms with Crippen molar-refractivity contribution < 1.29 is 14.3 Å². The zero-order chi connectivity index (χ0) is 20.4. The van der Waals surface area contributed by atoms with Crippen LogP contribution in [-0.2, 0) is 14.3 Å². The van der Waals surface area contributed by atoms with E-state index in [1.54, 1.807) is 13.1 Å². The van der Waals surface area contributed by atoms with Gasteiger partial charge in [-0.1, -0.05) is 42.5 Å². The molecule has 0 spiro atoms. The maximum atomic E-state index is 13.3. The van der Waals surface area contributed by atoms with Gasteiger partial charge in [-0.25, -0.2) is 4.79 Å². The van der Waals surface area contributed by atoms with Crippen molar-refractivity contribution in [2.45, 2.75) is 32.1 Å². The van der Waals surface area contributed by atoms with E-state index in [2.05, 4.69) is 16.4 Å². The smallest absolute Gasteiger partial charge is 0.336 e. The molecule has 1 aromatic heterocycles. The lowest BCUT2D eigenvalue weighted by Crippen LogP contribution is -2.42. The topological polar surface area (TPSA) is 68.3 Å². The second-order valence-electron chi connectivity index (χ2n) is 7.40. The summed E-state index contributed by atoms with van der Waals surface area (Å²) in [6.45, 7) is 3.92. The average molecular weight is 388 g/mol. The molecular weight excluding hydrogens is 364 g/mol. The van der Waals surface area contributed by atoms with Gasteiger partial charge in [0.25, 0.3) is 0 Å². The Morgan fingerprint density at radius 1 is 1.14 bits per heavy atom. The predicted octanol–water partition coefficient (Wildman–Crippen LogP) is 3.86. The van der Waals surface area contributed by atoms with Gasteiger partial charge in [-0.15, -0.1) is 0 Å². The molecular formula is C24H24N2O3. The van der Waals surface area contributed by atoms with Crippen molar-refractivity contribution in [2.75, 3.05) is 6.61 Å². The zero-order valence-corrected chi connectivity index (χ0v) is 16.6. The molecule has 0 saturated heterocycles. The third kappa shape index (κ3) is 3.60. The highest BCUT2D eigenvalue weighted by atomic mass is 16.5. The summed E-state index contributed by atoms with van der Waals surface area (Å²) in [5, 5.41) is 3.33. The third-order valence-electron chi connectivity index (χ3n) is 5.59. The minimum absolute atomic E-state index is 0.0174. The van der Waals surface area contributed by atoms with Crippen molar-refractivity contribution in [3.63, 3.8) is 0 Å². The van der Waals surface area contributed by atoms with Gasteiger partial charge in [0.1, 0.15) is 5.78 Å². The molecule has 0 radical (unpaired) electrons. The molecule has 2 heterocycles. The van der Waals surface area contributed by atoms with Crippen molar-refractivity contribution in [3.05, 3.63) is 89.0 Å². The van der Waals surface area contributed by atoms with Crippen LogP contribution in [0.15, 0.2) is 77.8 Å². The van der Waals surface area contributed by atoms with Gasteiger partial charge in [0.2, 0.25) is 0 Å². The summed E-state index contributed by atoms with van der Waals surface area (Å²) in [7, 11) is 0. The van der Waals surface area contributed by atoms with Crippen LogP contribution < -0.4 is 5.32 Å². The molecule has 4 rings (SSSR count). The molecule has 3 unspecified atom stereocenters. The summed E-state index contributed by atoms with van der Waals surface area (Å²) < 4.78 is 5.31. The number of rotatable bonds is 4. The standard InChI is InChI=1S/C24H24N2O3/c1-3-29-24(28)21-15(2)26-19-13-17(16-9-5-4-6-10-16)14-20(27)22(19)23(21)18-11-7-8-12-25-18/h4-13,17,22-23,26H,3,14H2,1-2H3. The molecule has 2 aliphatic rings. The fourth-order valence-corrected chi connectivity index (χ4v) is 4.35. The van der Waals surface area contributed by atoms with Crippen LogP contribution in [0.1, 0.15) is 43.4 Å². The first-order valence-corrected chi connectivity index (χ1v) is 9.95. The van der Waals surface area contributed by atoms with E-state index < -0.39 is 17.8 Å². The number of Topliss-reactive ketones (excluding diaryl/α,β-unsaturated/α-hetero) is 1. The Kier molecular flexibility index (Phi) is 5.30. The van der Waals surface area contributed by atoms with Crippen molar-refractivity contribution in [1.82, 2.24) is 10.3 Å². The number of ether oxygens (including phenoxy) is 1. The summed E-state index contributed by atoms with van der Waals surface area (Å²) in [6.07, 6.45) is 4.22. The monoisotopic (exact) mass is 388 g/mol. The van der Waals surface area contributed by atoms with Crippen LogP contribution in [0.5, 0.6) is 0 Å². The molecule has 5 nitrogen and oxygen atoms in total. The Labute approximate surface area is 170 Å². The summed E-state index contributed by atoms with van der Waals surface area (Å²) in [6, 6.07) is 15.6. The number of fused-ring (bicyclic) bond motifs is 1. The Morgan fingerprint density at radius 3 is 2.59 bits per heavy atom. The number of hydrogen-bond donors (Lipinski definition) is 1. The average Bonchev–Trinajstić information content (AvgIpc) is 2.74. The molecule has 3 atom stereocenters. The molecule has 2 aromatic rings. The van der Waals surface area contributed by atoms with Crippen LogP contribution in [-0.4, -0.2) is 23.3 Å². The minimum Gasteiger partial charge on any atom is -0.463 e. The van der Waals surface area contributed by atoms with Gasteiger partial charge in [-0.2, -0.15) is 0 Å². The fraction of sp³-hybridized carbons (Fsp3) is 0.292. The minimum atomic E-state index is -0.465. The van der Waals surface area contributed by atoms with Gasteiger partial charge in [0.05, 0.1) is 24.0 Å². The normalized spacial score (nSPS) is 23.7. The van der Waals surface area contributed by atoms with Gasteiger partial charge in [-0.3, -0.25) is 9.78 Å². The van der Waals surface area contributed by atoms with E-state index in [-0.39, 0.29) is 18.3 Å². The molecule has 1 aliphatic heterocycles. The van der Waals surface area contributed by atoms with E-state index in [1.165, 1.54) is 0 Å². The van der Waals surface area contributed by atoms with Gasteiger partial charge >= 0.3 is 5.97 Å². The highest BCUT2D eigenvalue weighted by Gasteiger charge is 2.45. The van der Waals surface area contributed by atoms with Crippen LogP contribution in [0.4, 0.5) is 0 Å².